The second kappa shape index (κ2) is 5.35. The number of carbonyl (C=O) groups is 2. The van der Waals surface area contributed by atoms with E-state index in [1.54, 1.807) is 0 Å². The van der Waals surface area contributed by atoms with Crippen molar-refractivity contribution in [3.8, 4) is 0 Å². The van der Waals surface area contributed by atoms with Crippen molar-refractivity contribution in [3.63, 3.8) is 0 Å². The Kier molecular flexibility index (Phi) is 4.76. The first kappa shape index (κ1) is 10.7. The maximum absolute atomic E-state index is 10.8. The SMILES string of the molecule is C=CCOC(=O)C[C@H](C)C(=O)O. The lowest BCUT2D eigenvalue weighted by Crippen LogP contribution is -2.16. The number of aliphatic carboxylic acids is 1. The first-order valence-corrected chi connectivity index (χ1v) is 3.57. The zero-order valence-corrected chi connectivity index (χ0v) is 6.95. The minimum absolute atomic E-state index is 0.0941. The second-order valence-corrected chi connectivity index (χ2v) is 2.42. The van der Waals surface area contributed by atoms with Crippen LogP contribution < -0.4 is 0 Å². The Morgan fingerprint density at radius 1 is 1.67 bits per heavy atom. The smallest absolute Gasteiger partial charge is 0.306 e. The average molecular weight is 172 g/mol. The van der Waals surface area contributed by atoms with Crippen LogP contribution in [0.2, 0.25) is 0 Å². The van der Waals surface area contributed by atoms with Crippen LogP contribution in [0.4, 0.5) is 0 Å². The molecule has 0 aliphatic heterocycles. The van der Waals surface area contributed by atoms with Crippen molar-refractivity contribution < 1.29 is 19.4 Å². The molecule has 0 bridgehead atoms. The van der Waals surface area contributed by atoms with Gasteiger partial charge in [-0.25, -0.2) is 0 Å². The highest BCUT2D eigenvalue weighted by Gasteiger charge is 2.15. The molecule has 0 unspecified atom stereocenters. The number of hydrogen-bond acceptors (Lipinski definition) is 3. The summed E-state index contributed by atoms with van der Waals surface area (Å²) in [7, 11) is 0. The standard InChI is InChI=1S/C8H12O4/c1-3-4-12-7(9)5-6(2)8(10)11/h3,6H,1,4-5H2,2H3,(H,10,11)/t6-/m0/s1. The van der Waals surface area contributed by atoms with E-state index in [9.17, 15) is 9.59 Å². The molecule has 12 heavy (non-hydrogen) atoms. The van der Waals surface area contributed by atoms with Crippen LogP contribution in [0.25, 0.3) is 0 Å². The first-order valence-electron chi connectivity index (χ1n) is 3.57. The maximum Gasteiger partial charge on any atom is 0.306 e. The average Bonchev–Trinajstić information content (AvgIpc) is 2.00. The Morgan fingerprint density at radius 3 is 2.67 bits per heavy atom. The van der Waals surface area contributed by atoms with Crippen LogP contribution >= 0.6 is 0 Å². The lowest BCUT2D eigenvalue weighted by atomic mass is 10.1. The summed E-state index contributed by atoms with van der Waals surface area (Å²) in [5.41, 5.74) is 0. The van der Waals surface area contributed by atoms with E-state index in [-0.39, 0.29) is 13.0 Å². The Morgan fingerprint density at radius 2 is 2.25 bits per heavy atom. The minimum Gasteiger partial charge on any atom is -0.481 e. The molecule has 0 aliphatic carbocycles. The normalized spacial score (nSPS) is 11.8. The van der Waals surface area contributed by atoms with Crippen LogP contribution in [0.3, 0.4) is 0 Å². The largest absolute Gasteiger partial charge is 0.481 e. The van der Waals surface area contributed by atoms with Gasteiger partial charge in [0.2, 0.25) is 0 Å². The van der Waals surface area contributed by atoms with Gasteiger partial charge in [-0.05, 0) is 0 Å². The highest BCUT2D eigenvalue weighted by molar-refractivity contribution is 5.78. The molecule has 4 nitrogen and oxygen atoms in total. The van der Waals surface area contributed by atoms with E-state index >= 15 is 0 Å². The summed E-state index contributed by atoms with van der Waals surface area (Å²) in [6.07, 6.45) is 1.34. The van der Waals surface area contributed by atoms with Crippen molar-refractivity contribution in [3.05, 3.63) is 12.7 Å². The van der Waals surface area contributed by atoms with E-state index in [2.05, 4.69) is 11.3 Å². The van der Waals surface area contributed by atoms with Crippen LogP contribution in [0.1, 0.15) is 13.3 Å². The predicted molar refractivity (Wildman–Crippen MR) is 42.6 cm³/mol. The van der Waals surface area contributed by atoms with Crippen molar-refractivity contribution in [1.29, 1.82) is 0 Å². The van der Waals surface area contributed by atoms with E-state index in [0.717, 1.165) is 0 Å². The van der Waals surface area contributed by atoms with Gasteiger partial charge in [0.25, 0.3) is 0 Å². The molecule has 0 aliphatic rings. The van der Waals surface area contributed by atoms with Crippen LogP contribution in [0.15, 0.2) is 12.7 Å². The second-order valence-electron chi connectivity index (χ2n) is 2.42. The van der Waals surface area contributed by atoms with Crippen LogP contribution in [0.5, 0.6) is 0 Å². The summed E-state index contributed by atoms with van der Waals surface area (Å²) in [5, 5.41) is 8.43. The lowest BCUT2D eigenvalue weighted by molar-refractivity contribution is -0.150. The van der Waals surface area contributed by atoms with E-state index in [1.165, 1.54) is 13.0 Å². The Hall–Kier alpha value is -1.32. The lowest BCUT2D eigenvalue weighted by Gasteiger charge is -2.04. The molecule has 0 heterocycles. The summed E-state index contributed by atoms with van der Waals surface area (Å²) in [6.45, 7) is 4.94. The molecule has 0 aromatic carbocycles. The van der Waals surface area contributed by atoms with Crippen LogP contribution in [-0.2, 0) is 14.3 Å². The fourth-order valence-electron chi connectivity index (χ4n) is 0.548. The highest BCUT2D eigenvalue weighted by atomic mass is 16.5. The van der Waals surface area contributed by atoms with E-state index < -0.39 is 17.9 Å². The fourth-order valence-corrected chi connectivity index (χ4v) is 0.548. The molecular weight excluding hydrogens is 160 g/mol. The quantitative estimate of drug-likeness (QED) is 0.492. The zero-order chi connectivity index (χ0) is 9.56. The maximum atomic E-state index is 10.8. The number of carboxylic acid groups (broad SMARTS) is 1. The number of carboxylic acids is 1. The van der Waals surface area contributed by atoms with Crippen LogP contribution in [-0.4, -0.2) is 23.7 Å². The van der Waals surface area contributed by atoms with Gasteiger partial charge >= 0.3 is 11.9 Å². The van der Waals surface area contributed by atoms with Crippen molar-refractivity contribution in [1.82, 2.24) is 0 Å². The number of esters is 1. The molecule has 0 fully saturated rings. The number of hydrogen-bond donors (Lipinski definition) is 1. The molecule has 0 aromatic heterocycles. The van der Waals surface area contributed by atoms with Gasteiger partial charge in [0.15, 0.2) is 0 Å². The summed E-state index contributed by atoms with van der Waals surface area (Å²) in [5.74, 6) is -2.20. The molecular formula is C8H12O4. The van der Waals surface area contributed by atoms with Crippen molar-refractivity contribution >= 4 is 11.9 Å². The van der Waals surface area contributed by atoms with Gasteiger partial charge < -0.3 is 9.84 Å². The molecule has 0 saturated carbocycles. The predicted octanol–water partition coefficient (Wildman–Crippen LogP) is 0.826. The van der Waals surface area contributed by atoms with Gasteiger partial charge in [-0.3, -0.25) is 9.59 Å². The van der Waals surface area contributed by atoms with Crippen molar-refractivity contribution in [2.45, 2.75) is 13.3 Å². The summed E-state index contributed by atoms with van der Waals surface area (Å²) >= 11 is 0. The summed E-state index contributed by atoms with van der Waals surface area (Å²) in [4.78, 5) is 21.1. The molecule has 0 aromatic rings. The molecule has 0 rings (SSSR count). The van der Waals surface area contributed by atoms with Crippen molar-refractivity contribution in [2.24, 2.45) is 5.92 Å². The molecule has 4 heteroatoms. The zero-order valence-electron chi connectivity index (χ0n) is 6.95. The van der Waals surface area contributed by atoms with Crippen molar-refractivity contribution in [2.75, 3.05) is 6.61 Å². The topological polar surface area (TPSA) is 63.6 Å². The fraction of sp³-hybridized carbons (Fsp3) is 0.500. The first-order chi connectivity index (χ1) is 5.57. The number of rotatable bonds is 5. The van der Waals surface area contributed by atoms with Gasteiger partial charge in [-0.1, -0.05) is 19.6 Å². The van der Waals surface area contributed by atoms with E-state index in [1.807, 2.05) is 0 Å². The third-order valence-electron chi connectivity index (χ3n) is 1.26. The Labute approximate surface area is 70.8 Å². The van der Waals surface area contributed by atoms with Gasteiger partial charge in [0, 0.05) is 0 Å². The molecule has 1 atom stereocenters. The molecule has 0 radical (unpaired) electrons. The van der Waals surface area contributed by atoms with Crippen LogP contribution in [0, 0.1) is 5.92 Å². The highest BCUT2D eigenvalue weighted by Crippen LogP contribution is 2.02. The number of ether oxygens (including phenoxy) is 1. The van der Waals surface area contributed by atoms with Gasteiger partial charge in [0.05, 0.1) is 12.3 Å². The van der Waals surface area contributed by atoms with E-state index in [4.69, 9.17) is 5.11 Å². The Balaban J connectivity index is 3.68. The summed E-state index contributed by atoms with van der Waals surface area (Å²) < 4.78 is 4.59. The van der Waals surface area contributed by atoms with Gasteiger partial charge in [-0.15, -0.1) is 0 Å². The molecule has 0 amide bonds. The van der Waals surface area contributed by atoms with Gasteiger partial charge in [0.1, 0.15) is 6.61 Å². The molecule has 0 spiro atoms. The third kappa shape index (κ3) is 4.49. The summed E-state index contributed by atoms with van der Waals surface area (Å²) in [6, 6.07) is 0. The molecule has 68 valence electrons. The van der Waals surface area contributed by atoms with Gasteiger partial charge in [-0.2, -0.15) is 0 Å². The Bertz CT molecular complexity index is 185. The minimum atomic E-state index is -0.995. The molecule has 1 N–H and O–H groups in total. The monoisotopic (exact) mass is 172 g/mol. The molecule has 0 saturated heterocycles. The third-order valence-corrected chi connectivity index (χ3v) is 1.26. The number of carbonyl (C=O) groups excluding carboxylic acids is 1. The van der Waals surface area contributed by atoms with E-state index in [0.29, 0.717) is 0 Å².